The quantitative estimate of drug-likeness (QED) is 0.0863. The van der Waals surface area contributed by atoms with Gasteiger partial charge in [0.1, 0.15) is 6.04 Å². The summed E-state index contributed by atoms with van der Waals surface area (Å²) in [5.41, 5.74) is 5.97. The van der Waals surface area contributed by atoms with E-state index < -0.39 is 24.3 Å². The topological polar surface area (TPSA) is 129 Å². The Morgan fingerprint density at radius 1 is 0.646 bits per heavy atom. The molecule has 250 valence electrons. The summed E-state index contributed by atoms with van der Waals surface area (Å²) >= 11 is 0. The monoisotopic (exact) mass is 648 g/mol. The van der Waals surface area contributed by atoms with Gasteiger partial charge in [-0.25, -0.2) is 9.59 Å². The van der Waals surface area contributed by atoms with E-state index in [1.807, 2.05) is 109 Å². The molecule has 1 aliphatic carbocycles. The van der Waals surface area contributed by atoms with Gasteiger partial charge in [0.15, 0.2) is 6.10 Å². The standard InChI is InChI=1S/C39H44N4O5/c44-37(41-24-14-2-1-13-23-40-27-30(42-38(45)46)25-28-15-5-3-6-16-28)35(26-29-17-7-4-8-18-29)43-39(47)48-36-33-21-11-9-19-31(33)32-20-10-12-22-34(32)36/h3-12,15-22,30,35-36,40,42H,1-2,13-14,23-27H2,(H,41,44)(H,43,47)(H,45,46). The Kier molecular flexibility index (Phi) is 12.6. The second-order valence-electron chi connectivity index (χ2n) is 12.1. The molecule has 3 amide bonds. The normalized spacial score (nSPS) is 13.1. The number of rotatable bonds is 17. The maximum atomic E-state index is 13.3. The molecule has 2 unspecified atom stereocenters. The first-order valence-corrected chi connectivity index (χ1v) is 16.7. The number of amides is 3. The summed E-state index contributed by atoms with van der Waals surface area (Å²) in [6, 6.07) is 34.3. The minimum Gasteiger partial charge on any atom is -0.465 e. The predicted octanol–water partition coefficient (Wildman–Crippen LogP) is 6.24. The molecular weight excluding hydrogens is 604 g/mol. The Morgan fingerprint density at radius 3 is 1.79 bits per heavy atom. The highest BCUT2D eigenvalue weighted by molar-refractivity contribution is 5.86. The lowest BCUT2D eigenvalue weighted by Crippen LogP contribution is -2.48. The van der Waals surface area contributed by atoms with Crippen molar-refractivity contribution in [3.63, 3.8) is 0 Å². The fourth-order valence-corrected chi connectivity index (χ4v) is 6.17. The lowest BCUT2D eigenvalue weighted by molar-refractivity contribution is -0.123. The minimum absolute atomic E-state index is 0.209. The summed E-state index contributed by atoms with van der Waals surface area (Å²) in [6.07, 6.45) is 2.41. The molecule has 5 N–H and O–H groups in total. The van der Waals surface area contributed by atoms with Crippen molar-refractivity contribution in [1.29, 1.82) is 0 Å². The molecule has 5 rings (SSSR count). The third-order valence-corrected chi connectivity index (χ3v) is 8.52. The van der Waals surface area contributed by atoms with Crippen molar-refractivity contribution in [2.75, 3.05) is 19.6 Å². The van der Waals surface area contributed by atoms with Crippen LogP contribution in [0.15, 0.2) is 109 Å². The first-order valence-electron chi connectivity index (χ1n) is 16.7. The van der Waals surface area contributed by atoms with E-state index in [0.29, 0.717) is 25.9 Å². The zero-order chi connectivity index (χ0) is 33.6. The minimum atomic E-state index is -1.02. The number of nitrogens with one attached hydrogen (secondary N) is 4. The molecule has 0 bridgehead atoms. The van der Waals surface area contributed by atoms with Crippen molar-refractivity contribution in [2.45, 2.75) is 56.7 Å². The molecule has 9 heteroatoms. The van der Waals surface area contributed by atoms with E-state index in [2.05, 4.69) is 21.3 Å². The summed E-state index contributed by atoms with van der Waals surface area (Å²) in [5, 5.41) is 21.0. The number of unbranched alkanes of at least 4 members (excludes halogenated alkanes) is 3. The van der Waals surface area contributed by atoms with Gasteiger partial charge in [-0.2, -0.15) is 0 Å². The first kappa shape index (κ1) is 34.2. The SMILES string of the molecule is O=C(O)NC(CNCCCCCCNC(=O)C(Cc1ccccc1)NC(=O)OC1c2ccccc2-c2ccccc21)Cc1ccccc1. The van der Waals surface area contributed by atoms with Gasteiger partial charge in [0.05, 0.1) is 0 Å². The second kappa shape index (κ2) is 17.7. The second-order valence-corrected chi connectivity index (χ2v) is 12.1. The Morgan fingerprint density at radius 2 is 1.19 bits per heavy atom. The number of carboxylic acid groups (broad SMARTS) is 1. The summed E-state index contributed by atoms with van der Waals surface area (Å²) in [5.74, 6) is -0.250. The highest BCUT2D eigenvalue weighted by Gasteiger charge is 2.32. The fraction of sp³-hybridized carbons (Fsp3) is 0.308. The molecule has 2 atom stereocenters. The Labute approximate surface area is 282 Å². The molecule has 48 heavy (non-hydrogen) atoms. The van der Waals surface area contributed by atoms with Gasteiger partial charge in [0.2, 0.25) is 5.91 Å². The van der Waals surface area contributed by atoms with Crippen LogP contribution in [0.5, 0.6) is 0 Å². The molecule has 0 saturated heterocycles. The molecule has 0 radical (unpaired) electrons. The van der Waals surface area contributed by atoms with Crippen LogP contribution in [0.4, 0.5) is 9.59 Å². The maximum absolute atomic E-state index is 13.3. The van der Waals surface area contributed by atoms with Crippen LogP contribution in [0.1, 0.15) is 54.0 Å². The molecule has 0 aliphatic heterocycles. The van der Waals surface area contributed by atoms with Gasteiger partial charge in [0, 0.05) is 36.7 Å². The molecule has 0 fully saturated rings. The van der Waals surface area contributed by atoms with Crippen LogP contribution in [0.25, 0.3) is 11.1 Å². The summed E-state index contributed by atoms with van der Waals surface area (Å²) in [6.45, 7) is 1.83. The van der Waals surface area contributed by atoms with Gasteiger partial charge in [0.25, 0.3) is 0 Å². The van der Waals surface area contributed by atoms with Crippen LogP contribution in [0.3, 0.4) is 0 Å². The molecule has 0 spiro atoms. The van der Waals surface area contributed by atoms with E-state index in [1.165, 1.54) is 0 Å². The number of hydrogen-bond donors (Lipinski definition) is 5. The van der Waals surface area contributed by atoms with Gasteiger partial charge in [-0.3, -0.25) is 4.79 Å². The van der Waals surface area contributed by atoms with Crippen molar-refractivity contribution < 1.29 is 24.2 Å². The molecule has 0 aromatic heterocycles. The summed E-state index contributed by atoms with van der Waals surface area (Å²) < 4.78 is 5.97. The fourth-order valence-electron chi connectivity index (χ4n) is 6.17. The number of benzene rings is 4. The number of hydrogen-bond acceptors (Lipinski definition) is 5. The Hall–Kier alpha value is -5.15. The van der Waals surface area contributed by atoms with Gasteiger partial charge in [-0.1, -0.05) is 122 Å². The molecule has 4 aromatic carbocycles. The van der Waals surface area contributed by atoms with Gasteiger partial charge >= 0.3 is 12.2 Å². The van der Waals surface area contributed by atoms with Gasteiger partial charge in [-0.15, -0.1) is 0 Å². The molecule has 0 saturated carbocycles. The van der Waals surface area contributed by atoms with Crippen molar-refractivity contribution in [3.8, 4) is 11.1 Å². The van der Waals surface area contributed by atoms with Crippen LogP contribution < -0.4 is 21.3 Å². The number of alkyl carbamates (subject to hydrolysis) is 1. The third kappa shape index (κ3) is 9.92. The Balaban J connectivity index is 1.05. The number of ether oxygens (including phenoxy) is 1. The average Bonchev–Trinajstić information content (AvgIpc) is 3.41. The van der Waals surface area contributed by atoms with E-state index in [9.17, 15) is 19.5 Å². The highest BCUT2D eigenvalue weighted by atomic mass is 16.6. The van der Waals surface area contributed by atoms with Crippen LogP contribution in [-0.2, 0) is 22.4 Å². The summed E-state index contributed by atoms with van der Waals surface area (Å²) in [7, 11) is 0. The average molecular weight is 649 g/mol. The van der Waals surface area contributed by atoms with E-state index in [0.717, 1.165) is 65.6 Å². The maximum Gasteiger partial charge on any atom is 0.408 e. The smallest absolute Gasteiger partial charge is 0.408 e. The van der Waals surface area contributed by atoms with Gasteiger partial charge in [-0.05, 0) is 48.1 Å². The van der Waals surface area contributed by atoms with Crippen LogP contribution >= 0.6 is 0 Å². The number of carbonyl (C=O) groups is 3. The first-order chi connectivity index (χ1) is 23.5. The van der Waals surface area contributed by atoms with Crippen LogP contribution in [0.2, 0.25) is 0 Å². The van der Waals surface area contributed by atoms with Crippen molar-refractivity contribution in [2.24, 2.45) is 0 Å². The molecule has 1 aliphatic rings. The zero-order valence-electron chi connectivity index (χ0n) is 27.1. The lowest BCUT2D eigenvalue weighted by atomic mass is 10.1. The van der Waals surface area contributed by atoms with Crippen LogP contribution in [0, 0.1) is 0 Å². The zero-order valence-corrected chi connectivity index (χ0v) is 27.1. The van der Waals surface area contributed by atoms with Gasteiger partial charge < -0.3 is 31.1 Å². The molecular formula is C39H44N4O5. The summed E-state index contributed by atoms with van der Waals surface area (Å²) in [4.78, 5) is 37.8. The third-order valence-electron chi connectivity index (χ3n) is 8.52. The highest BCUT2D eigenvalue weighted by Crippen LogP contribution is 2.45. The van der Waals surface area contributed by atoms with Crippen molar-refractivity contribution >= 4 is 18.1 Å². The van der Waals surface area contributed by atoms with E-state index in [1.54, 1.807) is 0 Å². The van der Waals surface area contributed by atoms with Crippen LogP contribution in [-0.4, -0.2) is 54.9 Å². The molecule has 9 nitrogen and oxygen atoms in total. The lowest BCUT2D eigenvalue weighted by Gasteiger charge is -2.21. The van der Waals surface area contributed by atoms with Crippen molar-refractivity contribution in [3.05, 3.63) is 131 Å². The van der Waals surface area contributed by atoms with E-state index in [-0.39, 0.29) is 11.9 Å². The number of carbonyl (C=O) groups excluding carboxylic acids is 2. The van der Waals surface area contributed by atoms with E-state index in [4.69, 9.17) is 4.74 Å². The number of fused-ring (bicyclic) bond motifs is 3. The van der Waals surface area contributed by atoms with Crippen molar-refractivity contribution in [1.82, 2.24) is 21.3 Å². The predicted molar refractivity (Wildman–Crippen MR) is 187 cm³/mol. The largest absolute Gasteiger partial charge is 0.465 e. The molecule has 4 aromatic rings. The molecule has 0 heterocycles. The Bertz CT molecular complexity index is 1590. The van der Waals surface area contributed by atoms with E-state index >= 15 is 0 Å².